The predicted octanol–water partition coefficient (Wildman–Crippen LogP) is 4.10. The van der Waals surface area contributed by atoms with Crippen LogP contribution in [0, 0.1) is 0 Å². The van der Waals surface area contributed by atoms with Crippen LogP contribution in [0.5, 0.6) is 5.75 Å². The van der Waals surface area contributed by atoms with E-state index < -0.39 is 5.97 Å². The first-order chi connectivity index (χ1) is 8.43. The van der Waals surface area contributed by atoms with Gasteiger partial charge in [0, 0.05) is 0 Å². The lowest BCUT2D eigenvalue weighted by Gasteiger charge is -2.16. The summed E-state index contributed by atoms with van der Waals surface area (Å²) < 4.78 is 5.55. The Hall–Kier alpha value is -1.22. The molecule has 0 aromatic heterocycles. The molecule has 1 N–H and O–H groups in total. The summed E-state index contributed by atoms with van der Waals surface area (Å²) in [5.74, 6) is -0.158. The molecular formula is C14H19ClO3. The Balaban J connectivity index is 2.91. The van der Waals surface area contributed by atoms with Crippen LogP contribution in [0.3, 0.4) is 0 Å². The van der Waals surface area contributed by atoms with Gasteiger partial charge >= 0.3 is 5.97 Å². The molecule has 0 radical (unpaired) electrons. The fourth-order valence-corrected chi connectivity index (χ4v) is 2.06. The molecule has 0 fully saturated rings. The second kappa shape index (κ2) is 6.64. The van der Waals surface area contributed by atoms with Crippen molar-refractivity contribution in [3.05, 3.63) is 28.8 Å². The lowest BCUT2D eigenvalue weighted by atomic mass is 9.93. The zero-order chi connectivity index (χ0) is 13.7. The number of hydrogen-bond donors (Lipinski definition) is 1. The van der Waals surface area contributed by atoms with Gasteiger partial charge in [-0.3, -0.25) is 4.79 Å². The number of carboxylic acids is 1. The molecule has 0 spiro atoms. The van der Waals surface area contributed by atoms with Crippen molar-refractivity contribution in [2.24, 2.45) is 0 Å². The summed E-state index contributed by atoms with van der Waals surface area (Å²) in [5.41, 5.74) is 0.945. The molecule has 0 amide bonds. The van der Waals surface area contributed by atoms with Crippen molar-refractivity contribution in [2.75, 3.05) is 0 Å². The van der Waals surface area contributed by atoms with Gasteiger partial charge in [-0.1, -0.05) is 24.6 Å². The normalized spacial score (nSPS) is 12.5. The summed E-state index contributed by atoms with van der Waals surface area (Å²) in [6.07, 6.45) is 0.957. The first kappa shape index (κ1) is 14.8. The first-order valence-electron chi connectivity index (χ1n) is 6.12. The minimum absolute atomic E-state index is 0.00639. The Kier molecular flexibility index (Phi) is 5.48. The highest BCUT2D eigenvalue weighted by atomic mass is 35.5. The molecule has 4 heteroatoms. The molecule has 1 unspecified atom stereocenters. The molecule has 0 aliphatic rings. The second-order valence-electron chi connectivity index (χ2n) is 4.56. The van der Waals surface area contributed by atoms with Crippen molar-refractivity contribution in [3.63, 3.8) is 0 Å². The fraction of sp³-hybridized carbons (Fsp3) is 0.500. The zero-order valence-corrected chi connectivity index (χ0v) is 11.7. The molecule has 0 bridgehead atoms. The SMILES string of the molecule is CCC(CC(=O)O)c1ccc(OC(C)C)c(Cl)c1. The van der Waals surface area contributed by atoms with E-state index in [1.807, 2.05) is 32.9 Å². The van der Waals surface area contributed by atoms with Crippen LogP contribution in [0.4, 0.5) is 0 Å². The van der Waals surface area contributed by atoms with E-state index in [-0.39, 0.29) is 18.4 Å². The van der Waals surface area contributed by atoms with E-state index in [0.717, 1.165) is 12.0 Å². The van der Waals surface area contributed by atoms with E-state index in [0.29, 0.717) is 10.8 Å². The van der Waals surface area contributed by atoms with Crippen molar-refractivity contribution in [3.8, 4) is 5.75 Å². The van der Waals surface area contributed by atoms with Gasteiger partial charge in [0.05, 0.1) is 17.5 Å². The van der Waals surface area contributed by atoms with E-state index in [2.05, 4.69) is 0 Å². The minimum atomic E-state index is -0.791. The summed E-state index contributed by atoms with van der Waals surface area (Å²) in [4.78, 5) is 10.8. The molecule has 1 rings (SSSR count). The zero-order valence-electron chi connectivity index (χ0n) is 10.9. The molecule has 18 heavy (non-hydrogen) atoms. The third-order valence-corrected chi connectivity index (χ3v) is 3.00. The summed E-state index contributed by atoms with van der Waals surface area (Å²) in [6, 6.07) is 5.50. The van der Waals surface area contributed by atoms with E-state index >= 15 is 0 Å². The van der Waals surface area contributed by atoms with Crippen molar-refractivity contribution in [1.82, 2.24) is 0 Å². The third kappa shape index (κ3) is 4.22. The van der Waals surface area contributed by atoms with Crippen LogP contribution in [0.25, 0.3) is 0 Å². The fourth-order valence-electron chi connectivity index (χ4n) is 1.83. The van der Waals surface area contributed by atoms with Gasteiger partial charge in [-0.25, -0.2) is 0 Å². The summed E-state index contributed by atoms with van der Waals surface area (Å²) in [5, 5.41) is 9.39. The van der Waals surface area contributed by atoms with Crippen LogP contribution in [0.15, 0.2) is 18.2 Å². The summed E-state index contributed by atoms with van der Waals surface area (Å²) in [6.45, 7) is 5.84. The topological polar surface area (TPSA) is 46.5 Å². The highest BCUT2D eigenvalue weighted by molar-refractivity contribution is 6.32. The average molecular weight is 271 g/mol. The van der Waals surface area contributed by atoms with Gasteiger partial charge in [0.2, 0.25) is 0 Å². The smallest absolute Gasteiger partial charge is 0.303 e. The minimum Gasteiger partial charge on any atom is -0.489 e. The van der Waals surface area contributed by atoms with Gasteiger partial charge < -0.3 is 9.84 Å². The molecule has 1 aromatic carbocycles. The van der Waals surface area contributed by atoms with Gasteiger partial charge in [0.25, 0.3) is 0 Å². The number of carboxylic acid groups (broad SMARTS) is 1. The Bertz CT molecular complexity index is 416. The van der Waals surface area contributed by atoms with Gasteiger partial charge in [-0.15, -0.1) is 0 Å². The molecule has 100 valence electrons. The number of carbonyl (C=O) groups is 1. The van der Waals surface area contributed by atoms with Crippen LogP contribution in [0.1, 0.15) is 45.1 Å². The van der Waals surface area contributed by atoms with Crippen molar-refractivity contribution < 1.29 is 14.6 Å². The molecule has 0 saturated heterocycles. The Morgan fingerprint density at radius 2 is 2.11 bits per heavy atom. The lowest BCUT2D eigenvalue weighted by molar-refractivity contribution is -0.137. The van der Waals surface area contributed by atoms with Crippen LogP contribution < -0.4 is 4.74 Å². The van der Waals surface area contributed by atoms with E-state index in [1.54, 1.807) is 6.07 Å². The van der Waals surface area contributed by atoms with E-state index in [1.165, 1.54) is 0 Å². The second-order valence-corrected chi connectivity index (χ2v) is 4.97. The number of halogens is 1. The number of aliphatic carboxylic acids is 1. The van der Waals surface area contributed by atoms with Crippen LogP contribution in [-0.2, 0) is 4.79 Å². The van der Waals surface area contributed by atoms with Gasteiger partial charge in [0.1, 0.15) is 5.75 Å². The molecular weight excluding hydrogens is 252 g/mol. The highest BCUT2D eigenvalue weighted by Gasteiger charge is 2.15. The standard InChI is InChI=1S/C14H19ClO3/c1-4-10(8-14(16)17)11-5-6-13(12(15)7-11)18-9(2)3/h5-7,9-10H,4,8H2,1-3H3,(H,16,17). The maximum Gasteiger partial charge on any atom is 0.303 e. The third-order valence-electron chi connectivity index (χ3n) is 2.70. The van der Waals surface area contributed by atoms with Crippen LogP contribution in [-0.4, -0.2) is 17.2 Å². The molecule has 0 saturated carbocycles. The molecule has 0 aliphatic heterocycles. The predicted molar refractivity (Wildman–Crippen MR) is 72.5 cm³/mol. The molecule has 3 nitrogen and oxygen atoms in total. The van der Waals surface area contributed by atoms with Crippen molar-refractivity contribution in [2.45, 2.75) is 45.6 Å². The lowest BCUT2D eigenvalue weighted by Crippen LogP contribution is -2.08. The quantitative estimate of drug-likeness (QED) is 0.847. The van der Waals surface area contributed by atoms with Gasteiger partial charge in [-0.05, 0) is 43.9 Å². The molecule has 0 heterocycles. The molecule has 0 aliphatic carbocycles. The number of benzene rings is 1. The maximum atomic E-state index is 10.8. The van der Waals surface area contributed by atoms with E-state index in [4.69, 9.17) is 21.4 Å². The first-order valence-corrected chi connectivity index (χ1v) is 6.49. The van der Waals surface area contributed by atoms with Crippen LogP contribution in [0.2, 0.25) is 5.02 Å². The van der Waals surface area contributed by atoms with E-state index in [9.17, 15) is 4.79 Å². The Labute approximate surface area is 113 Å². The number of ether oxygens (including phenoxy) is 1. The average Bonchev–Trinajstić information content (AvgIpc) is 2.28. The number of rotatable bonds is 6. The number of hydrogen-bond acceptors (Lipinski definition) is 2. The highest BCUT2D eigenvalue weighted by Crippen LogP contribution is 2.31. The maximum absolute atomic E-state index is 10.8. The van der Waals surface area contributed by atoms with Crippen molar-refractivity contribution in [1.29, 1.82) is 0 Å². The largest absolute Gasteiger partial charge is 0.489 e. The molecule has 1 atom stereocenters. The Morgan fingerprint density at radius 1 is 1.44 bits per heavy atom. The summed E-state index contributed by atoms with van der Waals surface area (Å²) >= 11 is 6.14. The monoisotopic (exact) mass is 270 g/mol. The van der Waals surface area contributed by atoms with Gasteiger partial charge in [-0.2, -0.15) is 0 Å². The Morgan fingerprint density at radius 3 is 2.56 bits per heavy atom. The van der Waals surface area contributed by atoms with Gasteiger partial charge in [0.15, 0.2) is 0 Å². The van der Waals surface area contributed by atoms with Crippen LogP contribution >= 0.6 is 11.6 Å². The summed E-state index contributed by atoms with van der Waals surface area (Å²) in [7, 11) is 0. The molecule has 1 aromatic rings. The van der Waals surface area contributed by atoms with Crippen molar-refractivity contribution >= 4 is 17.6 Å².